The van der Waals surface area contributed by atoms with Gasteiger partial charge in [-0.1, -0.05) is 13.0 Å². The Hall–Kier alpha value is -3.14. The summed E-state index contributed by atoms with van der Waals surface area (Å²) in [5.74, 6) is 0.201. The molecule has 1 saturated carbocycles. The van der Waals surface area contributed by atoms with Crippen LogP contribution in [0.3, 0.4) is 0 Å². The Morgan fingerprint density at radius 2 is 2.21 bits per heavy atom. The van der Waals surface area contributed by atoms with Gasteiger partial charge in [0.1, 0.15) is 10.1 Å². The molecule has 1 aliphatic rings. The van der Waals surface area contributed by atoms with Gasteiger partial charge in [0.05, 0.1) is 11.1 Å². The fourth-order valence-electron chi connectivity index (χ4n) is 4.72. The van der Waals surface area contributed by atoms with Gasteiger partial charge in [0, 0.05) is 48.9 Å². The van der Waals surface area contributed by atoms with Crippen molar-refractivity contribution >= 4 is 49.7 Å². The third-order valence-electron chi connectivity index (χ3n) is 6.68. The van der Waals surface area contributed by atoms with Crippen LogP contribution in [0.1, 0.15) is 33.1 Å². The molecule has 3 heterocycles. The Morgan fingerprint density at radius 1 is 1.38 bits per heavy atom. The quantitative estimate of drug-likeness (QED) is 0.405. The van der Waals surface area contributed by atoms with Crippen LogP contribution in [0.5, 0.6) is 0 Å². The van der Waals surface area contributed by atoms with Gasteiger partial charge < -0.3 is 10.2 Å². The summed E-state index contributed by atoms with van der Waals surface area (Å²) in [5, 5.41) is 9.31. The normalized spacial score (nSPS) is 20.2. The summed E-state index contributed by atoms with van der Waals surface area (Å²) in [5.41, 5.74) is 1.01. The average Bonchev–Trinajstić information content (AvgIpc) is 3.38. The van der Waals surface area contributed by atoms with Gasteiger partial charge in [0.25, 0.3) is 0 Å². The summed E-state index contributed by atoms with van der Waals surface area (Å²) in [6.45, 7) is 4.70. The Labute approximate surface area is 204 Å². The number of hydrogen-bond donors (Lipinski definition) is 1. The van der Waals surface area contributed by atoms with Gasteiger partial charge in [0.2, 0.25) is 11.9 Å². The predicted molar refractivity (Wildman–Crippen MR) is 132 cm³/mol. The van der Waals surface area contributed by atoms with E-state index >= 15 is 0 Å². The number of aromatic nitrogens is 5. The number of nitrogens with one attached hydrogen (secondary N) is 1. The number of carbonyl (C=O) groups excluding carboxylic acids is 1. The second-order valence-corrected chi connectivity index (χ2v) is 9.85. The fraction of sp³-hybridized carbons (Fsp3) is 0.375. The third-order valence-corrected chi connectivity index (χ3v) is 7.26. The highest BCUT2D eigenvalue weighted by atomic mass is 79.9. The number of benzene rings is 1. The number of carbonyl (C=O) groups is 1. The smallest absolute Gasteiger partial charge is 0.228 e. The van der Waals surface area contributed by atoms with Gasteiger partial charge in [-0.2, -0.15) is 10.1 Å². The molecular formula is C24H25BrFN7O. The Balaban J connectivity index is 1.46. The van der Waals surface area contributed by atoms with Crippen molar-refractivity contribution in [1.29, 1.82) is 0 Å². The lowest BCUT2D eigenvalue weighted by Crippen LogP contribution is -2.39. The van der Waals surface area contributed by atoms with E-state index in [4.69, 9.17) is 4.98 Å². The summed E-state index contributed by atoms with van der Waals surface area (Å²) in [4.78, 5) is 27.9. The second kappa shape index (κ2) is 8.57. The van der Waals surface area contributed by atoms with Crippen LogP contribution >= 0.6 is 15.9 Å². The molecule has 1 aromatic carbocycles. The van der Waals surface area contributed by atoms with Crippen molar-refractivity contribution < 1.29 is 9.18 Å². The molecule has 0 bridgehead atoms. The molecule has 2 atom stereocenters. The first-order valence-corrected chi connectivity index (χ1v) is 12.1. The minimum atomic E-state index is -0.424. The molecule has 3 aromatic heterocycles. The van der Waals surface area contributed by atoms with E-state index in [0.717, 1.165) is 12.8 Å². The van der Waals surface area contributed by atoms with Crippen LogP contribution in [-0.2, 0) is 4.79 Å². The lowest BCUT2D eigenvalue weighted by atomic mass is 9.87. The summed E-state index contributed by atoms with van der Waals surface area (Å²) in [6.07, 6.45) is 5.64. The lowest BCUT2D eigenvalue weighted by molar-refractivity contribution is -0.139. The zero-order valence-corrected chi connectivity index (χ0v) is 20.8. The van der Waals surface area contributed by atoms with Crippen LogP contribution in [0.15, 0.2) is 41.3 Å². The minimum absolute atomic E-state index is 0.0839. The van der Waals surface area contributed by atoms with Crippen molar-refractivity contribution in [2.45, 2.75) is 39.2 Å². The molecule has 1 amide bonds. The fourth-order valence-corrected chi connectivity index (χ4v) is 5.16. The molecule has 5 rings (SSSR count). The van der Waals surface area contributed by atoms with Crippen molar-refractivity contribution in [3.05, 3.63) is 47.1 Å². The van der Waals surface area contributed by atoms with Crippen molar-refractivity contribution in [3.63, 3.8) is 0 Å². The summed E-state index contributed by atoms with van der Waals surface area (Å²) in [7, 11) is 1.84. The van der Waals surface area contributed by atoms with Crippen molar-refractivity contribution in [2.75, 3.05) is 18.9 Å². The molecule has 1 aliphatic carbocycles. The number of hydrogen-bond acceptors (Lipinski definition) is 6. The largest absolute Gasteiger partial charge is 0.351 e. The zero-order chi connectivity index (χ0) is 24.0. The number of fused-ring (bicyclic) bond motifs is 2. The predicted octanol–water partition coefficient (Wildman–Crippen LogP) is 4.71. The molecule has 4 aromatic rings. The van der Waals surface area contributed by atoms with E-state index in [-0.39, 0.29) is 11.9 Å². The van der Waals surface area contributed by atoms with Gasteiger partial charge in [-0.25, -0.2) is 14.1 Å². The van der Waals surface area contributed by atoms with Gasteiger partial charge in [-0.3, -0.25) is 9.78 Å². The van der Waals surface area contributed by atoms with E-state index in [1.165, 1.54) is 6.07 Å². The van der Waals surface area contributed by atoms with E-state index in [1.807, 2.05) is 33.0 Å². The molecule has 0 radical (unpaired) electrons. The van der Waals surface area contributed by atoms with E-state index in [2.05, 4.69) is 36.3 Å². The van der Waals surface area contributed by atoms with Crippen molar-refractivity contribution in [1.82, 2.24) is 29.6 Å². The summed E-state index contributed by atoms with van der Waals surface area (Å²) in [6, 6.07) is 6.90. The van der Waals surface area contributed by atoms with Crippen LogP contribution in [-0.4, -0.2) is 55.2 Å². The molecule has 34 heavy (non-hydrogen) atoms. The van der Waals surface area contributed by atoms with Gasteiger partial charge in [-0.05, 0) is 54.2 Å². The van der Waals surface area contributed by atoms with Crippen LogP contribution < -0.4 is 5.32 Å². The third kappa shape index (κ3) is 3.89. The Bertz CT molecular complexity index is 1410. The highest BCUT2D eigenvalue weighted by Gasteiger charge is 2.42. The van der Waals surface area contributed by atoms with Crippen LogP contribution in [0.25, 0.3) is 27.6 Å². The van der Waals surface area contributed by atoms with E-state index in [1.54, 1.807) is 28.0 Å². The molecule has 0 spiro atoms. The van der Waals surface area contributed by atoms with Crippen molar-refractivity contribution in [2.24, 2.45) is 5.41 Å². The molecular weight excluding hydrogens is 501 g/mol. The van der Waals surface area contributed by atoms with Crippen LogP contribution in [0.4, 0.5) is 10.3 Å². The maximum Gasteiger partial charge on any atom is 0.228 e. The topological polar surface area (TPSA) is 88.8 Å². The van der Waals surface area contributed by atoms with Crippen molar-refractivity contribution in [3.8, 4) is 5.69 Å². The lowest BCUT2D eigenvalue weighted by Gasteiger charge is -2.28. The standard InChI is InChI=1S/C24H25BrFN7O/c1-4-32(3)22(34)24(2)8-7-15(12-24)29-23-28-13-17-20(25)31-33(21(17)30-23)16-10-14-6-5-9-27-19(14)18(26)11-16/h5-6,9-11,13,15H,4,7-8,12H2,1-3H3,(H,28,29,30)/t15-,24-/m1/s1. The highest BCUT2D eigenvalue weighted by Crippen LogP contribution is 2.40. The summed E-state index contributed by atoms with van der Waals surface area (Å²) < 4.78 is 16.9. The minimum Gasteiger partial charge on any atom is -0.351 e. The maximum atomic E-state index is 14.7. The molecule has 10 heteroatoms. The molecule has 0 aliphatic heterocycles. The van der Waals surface area contributed by atoms with Gasteiger partial charge >= 0.3 is 0 Å². The Morgan fingerprint density at radius 3 is 3.00 bits per heavy atom. The highest BCUT2D eigenvalue weighted by molar-refractivity contribution is 9.10. The average molecular weight is 526 g/mol. The first kappa shape index (κ1) is 22.6. The van der Waals surface area contributed by atoms with E-state index in [9.17, 15) is 9.18 Å². The summed E-state index contributed by atoms with van der Waals surface area (Å²) >= 11 is 3.47. The molecule has 8 nitrogen and oxygen atoms in total. The zero-order valence-electron chi connectivity index (χ0n) is 19.2. The van der Waals surface area contributed by atoms with E-state index in [0.29, 0.717) is 51.1 Å². The molecule has 1 fully saturated rings. The molecule has 1 N–H and O–H groups in total. The molecule has 0 unspecified atom stereocenters. The number of nitrogens with zero attached hydrogens (tertiary/aromatic N) is 6. The first-order valence-electron chi connectivity index (χ1n) is 11.3. The van der Waals surface area contributed by atoms with E-state index < -0.39 is 11.2 Å². The monoisotopic (exact) mass is 525 g/mol. The number of pyridine rings is 1. The molecule has 0 saturated heterocycles. The number of rotatable bonds is 5. The Kier molecular flexibility index (Phi) is 5.71. The number of halogens is 2. The van der Waals surface area contributed by atoms with Crippen LogP contribution in [0, 0.1) is 11.2 Å². The first-order chi connectivity index (χ1) is 16.3. The van der Waals surface area contributed by atoms with Crippen LogP contribution in [0.2, 0.25) is 0 Å². The van der Waals surface area contributed by atoms with Gasteiger partial charge in [0.15, 0.2) is 11.5 Å². The molecule has 176 valence electrons. The number of anilines is 1. The number of amides is 1. The SMILES string of the molecule is CCN(C)C(=O)[C@]1(C)CC[C@@H](Nc2ncc3c(Br)nn(-c4cc(F)c5ncccc5c4)c3n2)C1. The maximum absolute atomic E-state index is 14.7. The van der Waals surface area contributed by atoms with Gasteiger partial charge in [-0.15, -0.1) is 0 Å². The second-order valence-electron chi connectivity index (χ2n) is 9.10.